The first-order valence-electron chi connectivity index (χ1n) is 12.4. The third kappa shape index (κ3) is 8.99. The van der Waals surface area contributed by atoms with Crippen LogP contribution in [0.2, 0.25) is 0 Å². The average molecular weight is 567 g/mol. The van der Waals surface area contributed by atoms with Gasteiger partial charge in [0.25, 0.3) is 21.9 Å². The van der Waals surface area contributed by atoms with Gasteiger partial charge in [0, 0.05) is 30.9 Å². The van der Waals surface area contributed by atoms with Crippen molar-refractivity contribution in [2.75, 3.05) is 19.0 Å². The minimum absolute atomic E-state index is 0.171. The lowest BCUT2D eigenvalue weighted by molar-refractivity contribution is -0.122. The molecule has 0 radical (unpaired) electrons. The summed E-state index contributed by atoms with van der Waals surface area (Å²) in [7, 11) is -2.92. The molecule has 12 nitrogen and oxygen atoms in total. The van der Waals surface area contributed by atoms with Crippen molar-refractivity contribution in [1.82, 2.24) is 20.9 Å². The Labute approximate surface area is 232 Å². The van der Waals surface area contributed by atoms with Crippen LogP contribution < -0.4 is 21.4 Å². The molecule has 0 bridgehead atoms. The average Bonchev–Trinajstić information content (AvgIpc) is 2.96. The van der Waals surface area contributed by atoms with E-state index < -0.39 is 22.1 Å². The van der Waals surface area contributed by atoms with E-state index in [1.54, 1.807) is 30.3 Å². The Hall–Kier alpha value is -4.62. The summed E-state index contributed by atoms with van der Waals surface area (Å²) in [5, 5.41) is 12.0. The second kappa shape index (κ2) is 14.5. The highest BCUT2D eigenvalue weighted by atomic mass is 32.2. The Morgan fingerprint density at radius 2 is 1.68 bits per heavy atom. The van der Waals surface area contributed by atoms with E-state index in [2.05, 4.69) is 31.5 Å². The summed E-state index contributed by atoms with van der Waals surface area (Å²) in [5.41, 5.74) is 3.58. The predicted molar refractivity (Wildman–Crippen MR) is 150 cm³/mol. The van der Waals surface area contributed by atoms with Gasteiger partial charge in [0.05, 0.1) is 11.8 Å². The summed E-state index contributed by atoms with van der Waals surface area (Å²) in [6.07, 6.45) is 4.11. The summed E-state index contributed by atoms with van der Waals surface area (Å²) in [6, 6.07) is 16.9. The van der Waals surface area contributed by atoms with E-state index in [0.29, 0.717) is 31.4 Å². The van der Waals surface area contributed by atoms with E-state index in [4.69, 9.17) is 0 Å². The number of hydrazone groups is 1. The maximum Gasteiger partial charge on any atom is 0.295 e. The van der Waals surface area contributed by atoms with Crippen molar-refractivity contribution >= 4 is 39.9 Å². The van der Waals surface area contributed by atoms with E-state index in [1.807, 2.05) is 6.07 Å². The molecule has 1 heterocycles. The zero-order valence-corrected chi connectivity index (χ0v) is 22.5. The summed E-state index contributed by atoms with van der Waals surface area (Å²) in [6.45, 7) is 0.435. The molecule has 3 aromatic rings. The molecule has 0 aliphatic heterocycles. The second-order valence-electron chi connectivity index (χ2n) is 8.57. The number of rotatable bonds is 13. The lowest BCUT2D eigenvalue weighted by Crippen LogP contribution is -2.45. The molecule has 0 aliphatic carbocycles. The van der Waals surface area contributed by atoms with Crippen molar-refractivity contribution in [3.05, 3.63) is 89.6 Å². The molecule has 1 unspecified atom stereocenters. The fraction of sp³-hybridized carbons (Fsp3) is 0.222. The Kier molecular flexibility index (Phi) is 10.9. The second-order valence-corrected chi connectivity index (χ2v) is 9.96. The molecule has 40 heavy (non-hydrogen) atoms. The summed E-state index contributed by atoms with van der Waals surface area (Å²) in [4.78, 5) is 41.0. The molecule has 13 heteroatoms. The van der Waals surface area contributed by atoms with Gasteiger partial charge in [-0.15, -0.1) is 0 Å². The molecular weight excluding hydrogens is 536 g/mol. The molecule has 1 aromatic heterocycles. The van der Waals surface area contributed by atoms with Crippen LogP contribution in [0.1, 0.15) is 45.5 Å². The number of likely N-dealkylation sites (N-methyl/N-ethyl adjacent to an activating group) is 1. The number of carbonyl (C=O) groups is 3. The Morgan fingerprint density at radius 3 is 2.35 bits per heavy atom. The minimum Gasteiger partial charge on any atom is -0.357 e. The van der Waals surface area contributed by atoms with Crippen LogP contribution in [0.5, 0.6) is 0 Å². The standard InChI is InChI=1S/C27H30N6O6S/c1-28-27(36)22(12-7-8-16-29-25(34)19-9-3-2-4-10-19)32-26(35)21-14-15-24(30-17-21)33-31-18-20-11-5-6-13-23(20)40(37,38)39/h2-6,9-11,13-15,17-18,22H,7-8,12,16H2,1H3,(H,28,36)(H,29,34)(H,30,33)(H,32,35)(H,37,38,39). The molecule has 0 aliphatic rings. The lowest BCUT2D eigenvalue weighted by atomic mass is 10.1. The van der Waals surface area contributed by atoms with Gasteiger partial charge in [-0.3, -0.25) is 24.4 Å². The molecular formula is C27H30N6O6S. The number of unbranched alkanes of at least 4 members (excludes halogenated alkanes) is 1. The van der Waals surface area contributed by atoms with Gasteiger partial charge in [0.1, 0.15) is 16.8 Å². The molecule has 2 aromatic carbocycles. The fourth-order valence-electron chi connectivity index (χ4n) is 3.64. The highest BCUT2D eigenvalue weighted by Gasteiger charge is 2.20. The van der Waals surface area contributed by atoms with E-state index >= 15 is 0 Å². The van der Waals surface area contributed by atoms with Gasteiger partial charge in [-0.2, -0.15) is 13.5 Å². The number of pyridine rings is 1. The van der Waals surface area contributed by atoms with E-state index in [-0.39, 0.29) is 33.7 Å². The number of amides is 3. The first kappa shape index (κ1) is 29.9. The smallest absolute Gasteiger partial charge is 0.295 e. The van der Waals surface area contributed by atoms with Crippen molar-refractivity contribution in [2.45, 2.75) is 30.2 Å². The van der Waals surface area contributed by atoms with Crippen molar-refractivity contribution in [3.8, 4) is 0 Å². The molecule has 3 amide bonds. The third-order valence-corrected chi connectivity index (χ3v) is 6.64. The number of benzene rings is 2. The third-order valence-electron chi connectivity index (χ3n) is 5.71. The molecule has 3 rings (SSSR count). The summed E-state index contributed by atoms with van der Waals surface area (Å²) in [5.74, 6) is -0.726. The quantitative estimate of drug-likeness (QED) is 0.0904. The SMILES string of the molecule is CNC(=O)C(CCCCNC(=O)c1ccccc1)NC(=O)c1ccc(NN=Cc2ccccc2S(=O)(=O)O)nc1. The normalized spacial score (nSPS) is 11.9. The number of carbonyl (C=O) groups excluding carboxylic acids is 3. The first-order chi connectivity index (χ1) is 19.2. The van der Waals surface area contributed by atoms with Crippen molar-refractivity contribution < 1.29 is 27.4 Å². The first-order valence-corrected chi connectivity index (χ1v) is 13.8. The van der Waals surface area contributed by atoms with Crippen LogP contribution in [0.25, 0.3) is 0 Å². The molecule has 0 saturated carbocycles. The molecule has 5 N–H and O–H groups in total. The molecule has 210 valence electrons. The van der Waals surface area contributed by atoms with E-state index in [9.17, 15) is 27.4 Å². The van der Waals surface area contributed by atoms with Gasteiger partial charge >= 0.3 is 0 Å². The van der Waals surface area contributed by atoms with E-state index in [1.165, 1.54) is 49.8 Å². The zero-order chi connectivity index (χ0) is 29.0. The van der Waals surface area contributed by atoms with Crippen LogP contribution in [-0.2, 0) is 14.9 Å². The van der Waals surface area contributed by atoms with Crippen molar-refractivity contribution in [1.29, 1.82) is 0 Å². The van der Waals surface area contributed by atoms with Gasteiger partial charge < -0.3 is 16.0 Å². The van der Waals surface area contributed by atoms with Gasteiger partial charge in [-0.1, -0.05) is 36.4 Å². The molecule has 0 fully saturated rings. The van der Waals surface area contributed by atoms with Crippen LogP contribution in [0.15, 0.2) is 82.9 Å². The number of hydrogen-bond donors (Lipinski definition) is 5. The highest BCUT2D eigenvalue weighted by molar-refractivity contribution is 7.86. The largest absolute Gasteiger partial charge is 0.357 e. The minimum atomic E-state index is -4.41. The molecule has 0 saturated heterocycles. The number of nitrogens with one attached hydrogen (secondary N) is 4. The molecule has 0 spiro atoms. The van der Waals surface area contributed by atoms with Crippen LogP contribution in [0.4, 0.5) is 5.82 Å². The maximum atomic E-state index is 12.7. The Bertz CT molecular complexity index is 1450. The number of hydrogen-bond acceptors (Lipinski definition) is 8. The summed E-state index contributed by atoms with van der Waals surface area (Å²) < 4.78 is 32.3. The number of aromatic nitrogens is 1. The van der Waals surface area contributed by atoms with Gasteiger partial charge in [0.15, 0.2) is 0 Å². The predicted octanol–water partition coefficient (Wildman–Crippen LogP) is 2.22. The Balaban J connectivity index is 1.50. The van der Waals surface area contributed by atoms with Gasteiger partial charge in [-0.05, 0) is 49.6 Å². The van der Waals surface area contributed by atoms with E-state index in [0.717, 1.165) is 0 Å². The number of nitrogens with zero attached hydrogens (tertiary/aromatic N) is 2. The summed E-state index contributed by atoms with van der Waals surface area (Å²) >= 11 is 0. The Morgan fingerprint density at radius 1 is 0.950 bits per heavy atom. The van der Waals surface area contributed by atoms with Crippen LogP contribution in [0.3, 0.4) is 0 Å². The fourth-order valence-corrected chi connectivity index (χ4v) is 4.31. The highest BCUT2D eigenvalue weighted by Crippen LogP contribution is 2.13. The van der Waals surface area contributed by atoms with Gasteiger partial charge in [0.2, 0.25) is 5.91 Å². The van der Waals surface area contributed by atoms with Gasteiger partial charge in [-0.25, -0.2) is 4.98 Å². The van der Waals surface area contributed by atoms with Crippen molar-refractivity contribution in [3.63, 3.8) is 0 Å². The van der Waals surface area contributed by atoms with Crippen molar-refractivity contribution in [2.24, 2.45) is 5.10 Å². The topological polar surface area (TPSA) is 179 Å². The van der Waals surface area contributed by atoms with Crippen LogP contribution in [0, 0.1) is 0 Å². The number of anilines is 1. The molecule has 1 atom stereocenters. The monoisotopic (exact) mass is 566 g/mol. The van der Waals surface area contributed by atoms with Crippen LogP contribution in [-0.4, -0.2) is 61.5 Å². The van der Waals surface area contributed by atoms with Crippen LogP contribution >= 0.6 is 0 Å². The maximum absolute atomic E-state index is 12.7. The lowest BCUT2D eigenvalue weighted by Gasteiger charge is -2.17. The zero-order valence-electron chi connectivity index (χ0n) is 21.7.